The standard InChI is InChI=1S/C13H17NO2/c14-12(13(15)16)8-10-6-3-5-9-4-1-2-7-11(9)10/h1-2,4,7,10,12H,3,5-6,8,14H2,(H,15,16)/t10?,12-/m1/s1. The van der Waals surface area contributed by atoms with E-state index in [9.17, 15) is 4.79 Å². The zero-order valence-electron chi connectivity index (χ0n) is 9.23. The lowest BCUT2D eigenvalue weighted by atomic mass is 9.80. The molecule has 0 saturated heterocycles. The minimum Gasteiger partial charge on any atom is -0.480 e. The molecule has 1 aromatic carbocycles. The Labute approximate surface area is 95.3 Å². The minimum absolute atomic E-state index is 0.316. The van der Waals surface area contributed by atoms with Crippen LogP contribution in [0, 0.1) is 0 Å². The molecule has 1 unspecified atom stereocenters. The Kier molecular flexibility index (Phi) is 3.25. The number of fused-ring (bicyclic) bond motifs is 1. The van der Waals surface area contributed by atoms with Crippen LogP contribution >= 0.6 is 0 Å². The van der Waals surface area contributed by atoms with Gasteiger partial charge >= 0.3 is 5.97 Å². The molecule has 0 fully saturated rings. The van der Waals surface area contributed by atoms with Crippen molar-refractivity contribution in [2.45, 2.75) is 37.6 Å². The van der Waals surface area contributed by atoms with Gasteiger partial charge in [0.2, 0.25) is 0 Å². The van der Waals surface area contributed by atoms with Gasteiger partial charge in [-0.2, -0.15) is 0 Å². The van der Waals surface area contributed by atoms with Crippen molar-refractivity contribution in [3.63, 3.8) is 0 Å². The van der Waals surface area contributed by atoms with Crippen molar-refractivity contribution in [2.24, 2.45) is 5.73 Å². The highest BCUT2D eigenvalue weighted by Gasteiger charge is 2.24. The maximum atomic E-state index is 10.8. The van der Waals surface area contributed by atoms with Gasteiger partial charge in [0.15, 0.2) is 0 Å². The van der Waals surface area contributed by atoms with E-state index in [0.29, 0.717) is 12.3 Å². The Morgan fingerprint density at radius 3 is 3.00 bits per heavy atom. The summed E-state index contributed by atoms with van der Waals surface area (Å²) >= 11 is 0. The maximum absolute atomic E-state index is 10.8. The van der Waals surface area contributed by atoms with Crippen molar-refractivity contribution in [1.29, 1.82) is 0 Å². The molecule has 0 aromatic heterocycles. The van der Waals surface area contributed by atoms with Crippen LogP contribution in [0.5, 0.6) is 0 Å². The second kappa shape index (κ2) is 4.66. The molecule has 1 aromatic rings. The highest BCUT2D eigenvalue weighted by molar-refractivity contribution is 5.73. The summed E-state index contributed by atoms with van der Waals surface area (Å²) in [6.45, 7) is 0. The molecule has 3 nitrogen and oxygen atoms in total. The molecule has 3 heteroatoms. The first kappa shape index (κ1) is 11.1. The number of aryl methyl sites for hydroxylation is 1. The monoisotopic (exact) mass is 219 g/mol. The normalized spacial score (nSPS) is 21.2. The van der Waals surface area contributed by atoms with Crippen LogP contribution in [0.3, 0.4) is 0 Å². The number of nitrogens with two attached hydrogens (primary N) is 1. The third kappa shape index (κ3) is 2.25. The number of aliphatic carboxylic acids is 1. The molecule has 0 spiro atoms. The van der Waals surface area contributed by atoms with Crippen molar-refractivity contribution in [3.05, 3.63) is 35.4 Å². The van der Waals surface area contributed by atoms with Crippen LogP contribution in [0.1, 0.15) is 36.3 Å². The van der Waals surface area contributed by atoms with Gasteiger partial charge in [0.25, 0.3) is 0 Å². The second-order valence-electron chi connectivity index (χ2n) is 4.47. The smallest absolute Gasteiger partial charge is 0.320 e. The van der Waals surface area contributed by atoms with Gasteiger partial charge in [0.05, 0.1) is 0 Å². The molecule has 0 bridgehead atoms. The van der Waals surface area contributed by atoms with Crippen LogP contribution in [0.25, 0.3) is 0 Å². The van der Waals surface area contributed by atoms with E-state index in [-0.39, 0.29) is 0 Å². The maximum Gasteiger partial charge on any atom is 0.320 e. The zero-order valence-corrected chi connectivity index (χ0v) is 9.23. The molecule has 1 aliphatic rings. The highest BCUT2D eigenvalue weighted by Crippen LogP contribution is 2.34. The van der Waals surface area contributed by atoms with Gasteiger partial charge < -0.3 is 10.8 Å². The predicted molar refractivity (Wildman–Crippen MR) is 62.3 cm³/mol. The summed E-state index contributed by atoms with van der Waals surface area (Å²) in [7, 11) is 0. The fourth-order valence-electron chi connectivity index (χ4n) is 2.51. The van der Waals surface area contributed by atoms with Crippen LogP contribution in [-0.2, 0) is 11.2 Å². The number of carboxylic acids is 1. The van der Waals surface area contributed by atoms with E-state index in [4.69, 9.17) is 10.8 Å². The van der Waals surface area contributed by atoms with Gasteiger partial charge in [0.1, 0.15) is 6.04 Å². The number of carboxylic acid groups (broad SMARTS) is 1. The first-order valence-corrected chi connectivity index (χ1v) is 5.74. The molecule has 0 amide bonds. The van der Waals surface area contributed by atoms with Gasteiger partial charge in [-0.3, -0.25) is 4.79 Å². The van der Waals surface area contributed by atoms with Gasteiger partial charge in [0, 0.05) is 0 Å². The van der Waals surface area contributed by atoms with Crippen molar-refractivity contribution in [2.75, 3.05) is 0 Å². The molecule has 0 saturated carbocycles. The average molecular weight is 219 g/mol. The largest absolute Gasteiger partial charge is 0.480 e. The average Bonchev–Trinajstić information content (AvgIpc) is 2.29. The third-order valence-electron chi connectivity index (χ3n) is 3.35. The van der Waals surface area contributed by atoms with E-state index >= 15 is 0 Å². The third-order valence-corrected chi connectivity index (χ3v) is 3.35. The predicted octanol–water partition coefficient (Wildman–Crippen LogP) is 1.91. The molecule has 0 heterocycles. The molecule has 86 valence electrons. The molecular formula is C13H17NO2. The lowest BCUT2D eigenvalue weighted by Crippen LogP contribution is -2.32. The molecule has 0 radical (unpaired) electrons. The Bertz CT molecular complexity index is 389. The summed E-state index contributed by atoms with van der Waals surface area (Å²) in [4.78, 5) is 10.8. The fourth-order valence-corrected chi connectivity index (χ4v) is 2.51. The highest BCUT2D eigenvalue weighted by atomic mass is 16.4. The van der Waals surface area contributed by atoms with Crippen molar-refractivity contribution < 1.29 is 9.90 Å². The van der Waals surface area contributed by atoms with E-state index in [2.05, 4.69) is 12.1 Å². The molecule has 16 heavy (non-hydrogen) atoms. The minimum atomic E-state index is -0.900. The summed E-state index contributed by atoms with van der Waals surface area (Å²) in [5.41, 5.74) is 8.26. The summed E-state index contributed by atoms with van der Waals surface area (Å²) in [5.74, 6) is -0.584. The topological polar surface area (TPSA) is 63.3 Å². The van der Waals surface area contributed by atoms with Crippen molar-refractivity contribution in [1.82, 2.24) is 0 Å². The summed E-state index contributed by atoms with van der Waals surface area (Å²) in [5, 5.41) is 8.84. The van der Waals surface area contributed by atoms with Gasteiger partial charge in [-0.15, -0.1) is 0 Å². The summed E-state index contributed by atoms with van der Waals surface area (Å²) in [6.07, 6.45) is 3.84. The molecule has 1 aliphatic carbocycles. The number of hydrogen-bond donors (Lipinski definition) is 2. The lowest BCUT2D eigenvalue weighted by Gasteiger charge is -2.26. The van der Waals surface area contributed by atoms with E-state index < -0.39 is 12.0 Å². The summed E-state index contributed by atoms with van der Waals surface area (Å²) in [6, 6.07) is 7.56. The van der Waals surface area contributed by atoms with Crippen LogP contribution < -0.4 is 5.73 Å². The van der Waals surface area contributed by atoms with Crippen molar-refractivity contribution in [3.8, 4) is 0 Å². The molecule has 3 N–H and O–H groups in total. The Hall–Kier alpha value is -1.35. The zero-order chi connectivity index (χ0) is 11.5. The molecule has 0 aliphatic heterocycles. The summed E-state index contributed by atoms with van der Waals surface area (Å²) < 4.78 is 0. The van der Waals surface area contributed by atoms with E-state index in [1.54, 1.807) is 0 Å². The molecular weight excluding hydrogens is 202 g/mol. The quantitative estimate of drug-likeness (QED) is 0.816. The van der Waals surface area contributed by atoms with E-state index in [1.807, 2.05) is 12.1 Å². The number of rotatable bonds is 3. The first-order valence-electron chi connectivity index (χ1n) is 5.74. The van der Waals surface area contributed by atoms with Gasteiger partial charge in [-0.05, 0) is 42.7 Å². The first-order chi connectivity index (χ1) is 7.68. The number of carbonyl (C=O) groups is 1. The van der Waals surface area contributed by atoms with Crippen LogP contribution in [-0.4, -0.2) is 17.1 Å². The SMILES string of the molecule is N[C@H](CC1CCCc2ccccc21)C(=O)O. The molecule has 2 atom stereocenters. The Balaban J connectivity index is 2.16. The molecule has 2 rings (SSSR count). The number of benzene rings is 1. The Morgan fingerprint density at radius 2 is 2.25 bits per heavy atom. The number of hydrogen-bond acceptors (Lipinski definition) is 2. The fraction of sp³-hybridized carbons (Fsp3) is 0.462. The van der Waals surface area contributed by atoms with Crippen LogP contribution in [0.15, 0.2) is 24.3 Å². The van der Waals surface area contributed by atoms with Crippen LogP contribution in [0.2, 0.25) is 0 Å². The second-order valence-corrected chi connectivity index (χ2v) is 4.47. The van der Waals surface area contributed by atoms with E-state index in [0.717, 1.165) is 19.3 Å². The van der Waals surface area contributed by atoms with Gasteiger partial charge in [-0.1, -0.05) is 24.3 Å². The van der Waals surface area contributed by atoms with E-state index in [1.165, 1.54) is 11.1 Å². The Morgan fingerprint density at radius 1 is 1.50 bits per heavy atom. The van der Waals surface area contributed by atoms with Gasteiger partial charge in [-0.25, -0.2) is 0 Å². The van der Waals surface area contributed by atoms with Crippen molar-refractivity contribution >= 4 is 5.97 Å². The lowest BCUT2D eigenvalue weighted by molar-refractivity contribution is -0.138. The van der Waals surface area contributed by atoms with Crippen LogP contribution in [0.4, 0.5) is 0 Å².